The third kappa shape index (κ3) is 9.07. The molecular weight excluding hydrogens is 810 g/mol. The van der Waals surface area contributed by atoms with E-state index in [4.69, 9.17) is 4.98 Å². The van der Waals surface area contributed by atoms with Crippen LogP contribution in [0.25, 0.3) is 10.2 Å². The number of nitrogens with one attached hydrogen (secondary N) is 3. The topological polar surface area (TPSA) is 161 Å². The van der Waals surface area contributed by atoms with E-state index in [2.05, 4.69) is 20.9 Å². The summed E-state index contributed by atoms with van der Waals surface area (Å²) in [6.07, 6.45) is 2.86. The molecule has 8 rings (SSSR count). The fourth-order valence-corrected chi connectivity index (χ4v) is 10.5. The zero-order chi connectivity index (χ0) is 43.2. The zero-order valence-corrected chi connectivity index (χ0v) is 34.9. The molecule has 4 aromatic rings. The quantitative estimate of drug-likeness (QED) is 0.111. The molecule has 322 valence electrons. The highest BCUT2D eigenvalue weighted by Crippen LogP contribution is 2.42. The van der Waals surface area contributed by atoms with Gasteiger partial charge in [-0.2, -0.15) is 13.2 Å². The van der Waals surface area contributed by atoms with Crippen LogP contribution in [0.15, 0.2) is 54.6 Å². The van der Waals surface area contributed by atoms with Gasteiger partial charge >= 0.3 is 6.18 Å². The minimum atomic E-state index is -4.58. The largest absolute Gasteiger partial charge is 0.416 e. The van der Waals surface area contributed by atoms with Crippen molar-refractivity contribution < 1.29 is 42.3 Å². The first-order chi connectivity index (χ1) is 29.0. The van der Waals surface area contributed by atoms with Crippen molar-refractivity contribution in [1.29, 1.82) is 0 Å². The molecule has 61 heavy (non-hydrogen) atoms. The Bertz CT molecular complexity index is 2380. The highest BCUT2D eigenvalue weighted by Gasteiger charge is 2.45. The Kier molecular flexibility index (Phi) is 11.8. The molecule has 2 saturated heterocycles. The average Bonchev–Trinajstić information content (AvgIpc) is 3.75. The molecular formula is C45H49F3N6O6S. The van der Waals surface area contributed by atoms with Gasteiger partial charge in [0.2, 0.25) is 11.8 Å². The predicted octanol–water partition coefficient (Wildman–Crippen LogP) is 7.68. The number of anilines is 2. The van der Waals surface area contributed by atoms with Crippen molar-refractivity contribution in [1.82, 2.24) is 20.1 Å². The Balaban J connectivity index is 0.811. The van der Waals surface area contributed by atoms with Gasteiger partial charge in [-0.3, -0.25) is 34.2 Å². The smallest absolute Gasteiger partial charge is 0.386 e. The van der Waals surface area contributed by atoms with Gasteiger partial charge in [0.05, 0.1) is 37.5 Å². The number of carbonyl (C=O) groups is 5. The molecule has 0 spiro atoms. The van der Waals surface area contributed by atoms with Crippen LogP contribution < -0.4 is 16.0 Å². The summed E-state index contributed by atoms with van der Waals surface area (Å²) < 4.78 is 40.8. The standard InChI is InChI=1S/C45H49F3N6O6S/c1-44(2,60)31-22-34-36(23-33(31)50-39(56)28-5-3-6-29(21-28)45(46,47)48)61-41(51-34)27-11-9-26(10-12-27)24-53-19-16-25(17-20-53)15-18-49-32-8-4-7-30-38(32)43(59)54(42(30)58)35-13-14-37(55)52-40(35)57/h3-8,21-23,25-27,35,49,60H,9-20,24H2,1-2H3,(H,50,56)(H,52,55,57). The SMILES string of the molecule is CC(C)(O)c1cc2nc(C3CCC(CN4CCC(CCNc5cccc6c5C(=O)N(C5CCC(=O)NC5=O)C6=O)CC4)CC3)sc2cc1NC(=O)c1cccc(C(F)(F)F)c1. The van der Waals surface area contributed by atoms with Gasteiger partial charge in [0, 0.05) is 47.9 Å². The minimum Gasteiger partial charge on any atom is -0.386 e. The molecule has 1 saturated carbocycles. The van der Waals surface area contributed by atoms with Crippen molar-refractivity contribution in [2.45, 2.75) is 95.4 Å². The van der Waals surface area contributed by atoms with Crippen molar-refractivity contribution in [2.24, 2.45) is 11.8 Å². The number of alkyl halides is 3. The maximum atomic E-state index is 13.4. The van der Waals surface area contributed by atoms with Gasteiger partial charge in [0.1, 0.15) is 6.04 Å². The van der Waals surface area contributed by atoms with E-state index in [9.17, 15) is 42.3 Å². The van der Waals surface area contributed by atoms with Crippen LogP contribution in [0, 0.1) is 11.8 Å². The van der Waals surface area contributed by atoms with Crippen LogP contribution in [0.1, 0.15) is 125 Å². The Morgan fingerprint density at radius 1 is 0.902 bits per heavy atom. The van der Waals surface area contributed by atoms with E-state index in [1.54, 1.807) is 55.5 Å². The third-order valence-corrected chi connectivity index (χ3v) is 13.8. The summed E-state index contributed by atoms with van der Waals surface area (Å²) in [4.78, 5) is 72.4. The fraction of sp³-hybridized carbons (Fsp3) is 0.467. The number of amides is 5. The summed E-state index contributed by atoms with van der Waals surface area (Å²) >= 11 is 1.55. The lowest BCUT2D eigenvalue weighted by atomic mass is 9.81. The molecule has 1 aliphatic carbocycles. The number of hydrogen-bond acceptors (Lipinski definition) is 10. The van der Waals surface area contributed by atoms with E-state index in [0.29, 0.717) is 46.8 Å². The molecule has 3 aromatic carbocycles. The van der Waals surface area contributed by atoms with E-state index in [0.717, 1.165) is 91.3 Å². The van der Waals surface area contributed by atoms with E-state index in [-0.39, 0.29) is 29.5 Å². The summed E-state index contributed by atoms with van der Waals surface area (Å²) in [5.74, 6) is -1.36. The minimum absolute atomic E-state index is 0.0722. The van der Waals surface area contributed by atoms with Gasteiger partial charge in [-0.15, -0.1) is 11.3 Å². The number of nitrogens with zero attached hydrogens (tertiary/aromatic N) is 3. The third-order valence-electron chi connectivity index (χ3n) is 12.7. The molecule has 1 unspecified atom stereocenters. The normalized spacial score (nSPS) is 21.8. The number of halogens is 3. The Hall–Kier alpha value is -5.19. The fourth-order valence-electron chi connectivity index (χ4n) is 9.30. The summed E-state index contributed by atoms with van der Waals surface area (Å²) in [7, 11) is 0. The van der Waals surface area contributed by atoms with Gasteiger partial charge in [0.15, 0.2) is 0 Å². The molecule has 12 nitrogen and oxygen atoms in total. The number of likely N-dealkylation sites (tertiary alicyclic amines) is 1. The summed E-state index contributed by atoms with van der Waals surface area (Å²) in [6, 6.07) is 11.9. The van der Waals surface area contributed by atoms with Gasteiger partial charge in [0.25, 0.3) is 17.7 Å². The first-order valence-electron chi connectivity index (χ1n) is 21.0. The average molecular weight is 859 g/mol. The lowest BCUT2D eigenvalue weighted by Gasteiger charge is -2.36. The number of thiazole rings is 1. The van der Waals surface area contributed by atoms with Crippen LogP contribution in [-0.4, -0.2) is 81.6 Å². The second kappa shape index (κ2) is 16.9. The van der Waals surface area contributed by atoms with Crippen LogP contribution in [0.2, 0.25) is 0 Å². The summed E-state index contributed by atoms with van der Waals surface area (Å²) in [5, 5.41) is 20.4. The molecule has 5 amide bonds. The van der Waals surface area contributed by atoms with Crippen molar-refractivity contribution in [3.8, 4) is 0 Å². The second-order valence-electron chi connectivity index (χ2n) is 17.4. The zero-order valence-electron chi connectivity index (χ0n) is 34.1. The molecule has 4 aliphatic rings. The van der Waals surface area contributed by atoms with Gasteiger partial charge < -0.3 is 20.6 Å². The first-order valence-corrected chi connectivity index (χ1v) is 21.8. The summed E-state index contributed by atoms with van der Waals surface area (Å²) in [5.41, 5.74) is 0.186. The monoisotopic (exact) mass is 858 g/mol. The second-order valence-corrected chi connectivity index (χ2v) is 18.4. The number of aliphatic hydroxyl groups is 1. The molecule has 16 heteroatoms. The van der Waals surface area contributed by atoms with Crippen molar-refractivity contribution in [3.63, 3.8) is 0 Å². The van der Waals surface area contributed by atoms with Crippen molar-refractivity contribution in [3.05, 3.63) is 87.4 Å². The highest BCUT2D eigenvalue weighted by atomic mass is 32.1. The number of benzene rings is 3. The van der Waals surface area contributed by atoms with Gasteiger partial charge in [-0.25, -0.2) is 4.98 Å². The number of imide groups is 2. The van der Waals surface area contributed by atoms with Crippen LogP contribution in [-0.2, 0) is 21.4 Å². The van der Waals surface area contributed by atoms with Gasteiger partial charge in [-0.05, 0) is 133 Å². The lowest BCUT2D eigenvalue weighted by Crippen LogP contribution is -2.54. The molecule has 0 radical (unpaired) electrons. The number of hydrogen-bond donors (Lipinski definition) is 4. The molecule has 3 aliphatic heterocycles. The molecule has 1 atom stereocenters. The first kappa shape index (κ1) is 42.5. The van der Waals surface area contributed by atoms with E-state index < -0.39 is 52.9 Å². The number of aromatic nitrogens is 1. The molecule has 4 heterocycles. The van der Waals surface area contributed by atoms with E-state index in [1.807, 2.05) is 0 Å². The lowest BCUT2D eigenvalue weighted by molar-refractivity contribution is -0.138. The van der Waals surface area contributed by atoms with E-state index >= 15 is 0 Å². The maximum absolute atomic E-state index is 13.4. The molecule has 3 fully saturated rings. The highest BCUT2D eigenvalue weighted by molar-refractivity contribution is 7.18. The Morgan fingerprint density at radius 3 is 2.34 bits per heavy atom. The summed E-state index contributed by atoms with van der Waals surface area (Å²) in [6.45, 7) is 6.93. The van der Waals surface area contributed by atoms with Crippen LogP contribution >= 0.6 is 11.3 Å². The number of carbonyl (C=O) groups excluding carboxylic acids is 5. The number of fused-ring (bicyclic) bond motifs is 2. The molecule has 0 bridgehead atoms. The van der Waals surface area contributed by atoms with Crippen LogP contribution in [0.5, 0.6) is 0 Å². The maximum Gasteiger partial charge on any atom is 0.416 e. The Labute approximate surface area is 355 Å². The van der Waals surface area contributed by atoms with Crippen molar-refractivity contribution >= 4 is 62.5 Å². The molecule has 1 aromatic heterocycles. The van der Waals surface area contributed by atoms with Crippen LogP contribution in [0.3, 0.4) is 0 Å². The predicted molar refractivity (Wildman–Crippen MR) is 224 cm³/mol. The van der Waals surface area contributed by atoms with Crippen LogP contribution in [0.4, 0.5) is 24.5 Å². The number of piperidine rings is 2. The Morgan fingerprint density at radius 2 is 1.64 bits per heavy atom. The number of rotatable bonds is 11. The van der Waals surface area contributed by atoms with Crippen molar-refractivity contribution in [2.75, 3.05) is 36.8 Å². The molecule has 4 N–H and O–H groups in total. The van der Waals surface area contributed by atoms with Gasteiger partial charge in [-0.1, -0.05) is 12.1 Å². The van der Waals surface area contributed by atoms with E-state index in [1.165, 1.54) is 12.1 Å².